The molecule has 0 unspecified atom stereocenters. The summed E-state index contributed by atoms with van der Waals surface area (Å²) in [6.45, 7) is 4.72. The van der Waals surface area contributed by atoms with Crippen LogP contribution in [0, 0.1) is 6.92 Å². The van der Waals surface area contributed by atoms with E-state index in [0.717, 1.165) is 13.0 Å². The molecule has 0 saturated heterocycles. The second-order valence-corrected chi connectivity index (χ2v) is 5.16. The van der Waals surface area contributed by atoms with Gasteiger partial charge in [0, 0.05) is 18.3 Å². The van der Waals surface area contributed by atoms with Gasteiger partial charge in [-0.3, -0.25) is 14.3 Å². The number of aromatic amines is 1. The normalized spacial score (nSPS) is 10.6. The maximum Gasteiger partial charge on any atom is 0.328 e. The molecule has 0 atom stereocenters. The largest absolute Gasteiger partial charge is 0.370 e. The summed E-state index contributed by atoms with van der Waals surface area (Å²) in [4.78, 5) is 29.8. The highest BCUT2D eigenvalue weighted by atomic mass is 35.5. The Labute approximate surface area is 126 Å². The lowest BCUT2D eigenvalue weighted by Gasteiger charge is -2.10. The minimum absolute atomic E-state index is 0.205. The van der Waals surface area contributed by atoms with Gasteiger partial charge in [0.2, 0.25) is 0 Å². The predicted octanol–water partition coefficient (Wildman–Crippen LogP) is 1.76. The Kier molecular flexibility index (Phi) is 4.80. The molecule has 0 spiro atoms. The van der Waals surface area contributed by atoms with Crippen LogP contribution in [0.5, 0.6) is 0 Å². The van der Waals surface area contributed by atoms with Crippen molar-refractivity contribution in [2.75, 3.05) is 11.9 Å². The minimum Gasteiger partial charge on any atom is -0.370 e. The summed E-state index contributed by atoms with van der Waals surface area (Å²) in [7, 11) is 0. The van der Waals surface area contributed by atoms with E-state index in [1.54, 1.807) is 19.1 Å². The predicted molar refractivity (Wildman–Crippen MR) is 83.2 cm³/mol. The van der Waals surface area contributed by atoms with Gasteiger partial charge in [-0.05, 0) is 25.5 Å². The number of H-pyrrole nitrogens is 1. The number of hydrogen-bond donors (Lipinski definition) is 2. The first-order valence-electron chi connectivity index (χ1n) is 6.71. The molecule has 2 aromatic rings. The molecule has 0 aromatic carbocycles. The van der Waals surface area contributed by atoms with Crippen LogP contribution in [0.2, 0.25) is 5.02 Å². The van der Waals surface area contributed by atoms with E-state index in [-0.39, 0.29) is 12.1 Å². The third kappa shape index (κ3) is 3.72. The minimum atomic E-state index is -0.476. The second-order valence-electron chi connectivity index (χ2n) is 4.75. The van der Waals surface area contributed by atoms with Crippen molar-refractivity contribution in [3.63, 3.8) is 0 Å². The van der Waals surface area contributed by atoms with Gasteiger partial charge in [-0.15, -0.1) is 0 Å². The van der Waals surface area contributed by atoms with E-state index < -0.39 is 5.69 Å². The van der Waals surface area contributed by atoms with E-state index in [9.17, 15) is 9.59 Å². The number of nitrogens with one attached hydrogen (secondary N) is 2. The van der Waals surface area contributed by atoms with Crippen LogP contribution in [-0.4, -0.2) is 21.1 Å². The van der Waals surface area contributed by atoms with Crippen LogP contribution >= 0.6 is 11.6 Å². The number of nitrogens with zero attached hydrogens (tertiary/aromatic N) is 2. The SMILES string of the molecule is CCCNc1ccc(Cl)c(Cn2cc(C)c(=O)[nH]c2=O)n1. The lowest BCUT2D eigenvalue weighted by Crippen LogP contribution is -2.31. The van der Waals surface area contributed by atoms with E-state index >= 15 is 0 Å². The zero-order valence-electron chi connectivity index (χ0n) is 11.9. The Morgan fingerprint density at radius 3 is 2.86 bits per heavy atom. The molecular weight excluding hydrogens is 292 g/mol. The summed E-state index contributed by atoms with van der Waals surface area (Å²) in [6.07, 6.45) is 2.49. The van der Waals surface area contributed by atoms with Gasteiger partial charge in [-0.2, -0.15) is 0 Å². The molecule has 2 rings (SSSR count). The van der Waals surface area contributed by atoms with Crippen LogP contribution in [0.1, 0.15) is 24.6 Å². The number of aromatic nitrogens is 3. The van der Waals surface area contributed by atoms with Crippen LogP contribution in [0.15, 0.2) is 27.9 Å². The van der Waals surface area contributed by atoms with E-state index in [1.807, 2.05) is 0 Å². The Morgan fingerprint density at radius 2 is 2.14 bits per heavy atom. The number of hydrogen-bond acceptors (Lipinski definition) is 4. The van der Waals surface area contributed by atoms with Crippen LogP contribution in [0.3, 0.4) is 0 Å². The van der Waals surface area contributed by atoms with Crippen molar-refractivity contribution in [3.05, 3.63) is 55.4 Å². The smallest absolute Gasteiger partial charge is 0.328 e. The van der Waals surface area contributed by atoms with Gasteiger partial charge in [0.05, 0.1) is 17.3 Å². The van der Waals surface area contributed by atoms with Crippen molar-refractivity contribution < 1.29 is 0 Å². The Bertz CT molecular complexity index is 751. The average Bonchev–Trinajstić information content (AvgIpc) is 2.45. The van der Waals surface area contributed by atoms with E-state index in [1.165, 1.54) is 10.8 Å². The molecule has 0 aliphatic carbocycles. The van der Waals surface area contributed by atoms with E-state index in [4.69, 9.17) is 11.6 Å². The highest BCUT2D eigenvalue weighted by Crippen LogP contribution is 2.17. The van der Waals surface area contributed by atoms with Gasteiger partial charge in [-0.25, -0.2) is 9.78 Å². The summed E-state index contributed by atoms with van der Waals surface area (Å²) < 4.78 is 1.38. The third-order valence-electron chi connectivity index (χ3n) is 2.98. The zero-order valence-corrected chi connectivity index (χ0v) is 12.7. The molecule has 0 aliphatic rings. The molecule has 112 valence electrons. The molecule has 0 aliphatic heterocycles. The monoisotopic (exact) mass is 308 g/mol. The second kappa shape index (κ2) is 6.58. The molecule has 2 aromatic heterocycles. The van der Waals surface area contributed by atoms with Crippen LogP contribution in [-0.2, 0) is 6.54 Å². The van der Waals surface area contributed by atoms with Gasteiger partial charge < -0.3 is 5.32 Å². The van der Waals surface area contributed by atoms with Gasteiger partial charge in [0.15, 0.2) is 0 Å². The van der Waals surface area contributed by atoms with Crippen LogP contribution in [0.4, 0.5) is 5.82 Å². The fourth-order valence-corrected chi connectivity index (χ4v) is 2.01. The molecule has 21 heavy (non-hydrogen) atoms. The third-order valence-corrected chi connectivity index (χ3v) is 3.33. The Hall–Kier alpha value is -2.08. The summed E-state index contributed by atoms with van der Waals surface area (Å²) in [5, 5.41) is 3.65. The first-order chi connectivity index (χ1) is 10.0. The van der Waals surface area contributed by atoms with Gasteiger partial charge >= 0.3 is 5.69 Å². The first kappa shape index (κ1) is 15.3. The van der Waals surface area contributed by atoms with Crippen molar-refractivity contribution in [1.82, 2.24) is 14.5 Å². The van der Waals surface area contributed by atoms with E-state index in [0.29, 0.717) is 22.1 Å². The molecule has 2 N–H and O–H groups in total. The molecule has 0 radical (unpaired) electrons. The number of aryl methyl sites for hydroxylation is 1. The summed E-state index contributed by atoms with van der Waals surface area (Å²) in [5.74, 6) is 0.713. The Balaban J connectivity index is 2.32. The lowest BCUT2D eigenvalue weighted by molar-refractivity contribution is 0.699. The number of halogens is 1. The Morgan fingerprint density at radius 1 is 1.38 bits per heavy atom. The maximum absolute atomic E-state index is 11.8. The topological polar surface area (TPSA) is 79.8 Å². The summed E-state index contributed by atoms with van der Waals surface area (Å²) in [6, 6.07) is 3.54. The molecule has 2 heterocycles. The molecule has 0 amide bonds. The van der Waals surface area contributed by atoms with Crippen molar-refractivity contribution in [2.24, 2.45) is 0 Å². The molecule has 7 heteroatoms. The van der Waals surface area contributed by atoms with Gasteiger partial charge in [-0.1, -0.05) is 18.5 Å². The standard InChI is InChI=1S/C14H17ClN4O2/c1-3-6-16-12-5-4-10(15)11(17-12)8-19-7-9(2)13(20)18-14(19)21/h4-5,7H,3,6,8H2,1-2H3,(H,16,17)(H,18,20,21). The van der Waals surface area contributed by atoms with Crippen molar-refractivity contribution in [1.29, 1.82) is 0 Å². The fraction of sp³-hybridized carbons (Fsp3) is 0.357. The number of rotatable bonds is 5. The fourth-order valence-electron chi connectivity index (χ4n) is 1.84. The summed E-state index contributed by atoms with van der Waals surface area (Å²) >= 11 is 6.13. The number of pyridine rings is 1. The molecule has 0 bridgehead atoms. The van der Waals surface area contributed by atoms with E-state index in [2.05, 4.69) is 22.2 Å². The highest BCUT2D eigenvalue weighted by Gasteiger charge is 2.07. The molecule has 0 saturated carbocycles. The maximum atomic E-state index is 11.8. The highest BCUT2D eigenvalue weighted by molar-refractivity contribution is 6.31. The van der Waals surface area contributed by atoms with Crippen molar-refractivity contribution in [2.45, 2.75) is 26.8 Å². The average molecular weight is 309 g/mol. The van der Waals surface area contributed by atoms with Crippen LogP contribution < -0.4 is 16.6 Å². The molecule has 0 fully saturated rings. The molecule has 6 nitrogen and oxygen atoms in total. The van der Waals surface area contributed by atoms with Gasteiger partial charge in [0.1, 0.15) is 5.82 Å². The lowest BCUT2D eigenvalue weighted by atomic mass is 10.3. The van der Waals surface area contributed by atoms with Crippen molar-refractivity contribution >= 4 is 17.4 Å². The van der Waals surface area contributed by atoms with Crippen molar-refractivity contribution in [3.8, 4) is 0 Å². The zero-order chi connectivity index (χ0) is 15.4. The summed E-state index contributed by atoms with van der Waals surface area (Å²) in [5.41, 5.74) is 0.182. The molecular formula is C14H17ClN4O2. The van der Waals surface area contributed by atoms with Gasteiger partial charge in [0.25, 0.3) is 5.56 Å². The van der Waals surface area contributed by atoms with Crippen LogP contribution in [0.25, 0.3) is 0 Å². The number of anilines is 1. The first-order valence-corrected chi connectivity index (χ1v) is 7.08. The quantitative estimate of drug-likeness (QED) is 0.882.